The minimum Gasteiger partial charge on any atom is -0.390 e. The number of anilines is 1. The maximum Gasteiger partial charge on any atom is 0.446 e. The van der Waals surface area contributed by atoms with Crippen LogP contribution in [0.4, 0.5) is 19.0 Å². The lowest BCUT2D eigenvalue weighted by Crippen LogP contribution is -2.35. The summed E-state index contributed by atoms with van der Waals surface area (Å²) in [6.07, 6.45) is 0.0912. The first-order valence-corrected chi connectivity index (χ1v) is 9.70. The number of nitrogens with zero attached hydrogens (tertiary/aromatic N) is 3. The molecule has 3 aromatic rings. The van der Waals surface area contributed by atoms with E-state index in [9.17, 15) is 23.4 Å². The second kappa shape index (κ2) is 7.51. The van der Waals surface area contributed by atoms with Crippen molar-refractivity contribution in [3.05, 3.63) is 49.5 Å². The van der Waals surface area contributed by atoms with Gasteiger partial charge in [-0.1, -0.05) is 18.2 Å². The van der Waals surface area contributed by atoms with Crippen molar-refractivity contribution < 1.29 is 23.4 Å². The largest absolute Gasteiger partial charge is 0.446 e. The molecular weight excluding hydrogens is 405 g/mol. The Labute approximate surface area is 168 Å². The molecule has 10 heteroatoms. The molecule has 1 aromatic carbocycles. The van der Waals surface area contributed by atoms with Gasteiger partial charge in [0.1, 0.15) is 11.9 Å². The van der Waals surface area contributed by atoms with E-state index >= 15 is 0 Å². The summed E-state index contributed by atoms with van der Waals surface area (Å²) in [5.74, 6) is 0.201. The lowest BCUT2D eigenvalue weighted by atomic mass is 10.1. The average molecular weight is 423 g/mol. The molecule has 4 rings (SSSR count). The van der Waals surface area contributed by atoms with Crippen LogP contribution in [-0.2, 0) is 0 Å². The van der Waals surface area contributed by atoms with E-state index in [1.807, 2.05) is 0 Å². The van der Waals surface area contributed by atoms with Crippen molar-refractivity contribution in [2.24, 2.45) is 5.92 Å². The van der Waals surface area contributed by atoms with Crippen LogP contribution in [0.1, 0.15) is 6.42 Å². The van der Waals surface area contributed by atoms with Gasteiger partial charge >= 0.3 is 5.51 Å². The molecule has 0 spiro atoms. The smallest absolute Gasteiger partial charge is 0.390 e. The zero-order valence-corrected chi connectivity index (χ0v) is 15.9. The number of aliphatic hydroxyl groups excluding tert-OH is 2. The summed E-state index contributed by atoms with van der Waals surface area (Å²) < 4.78 is 40.2. The summed E-state index contributed by atoms with van der Waals surface area (Å²) in [7, 11) is 0. The number of fused-ring (bicyclic) bond motifs is 1. The molecule has 0 bridgehead atoms. The summed E-state index contributed by atoms with van der Waals surface area (Å²) >= 11 is -0.190. The fourth-order valence-electron chi connectivity index (χ4n) is 3.48. The van der Waals surface area contributed by atoms with Crippen LogP contribution in [-0.4, -0.2) is 48.6 Å². The third-order valence-corrected chi connectivity index (χ3v) is 5.69. The molecule has 3 N–H and O–H groups in total. The van der Waals surface area contributed by atoms with E-state index in [4.69, 9.17) is 0 Å². The molecule has 1 fully saturated rings. The summed E-state index contributed by atoms with van der Waals surface area (Å²) in [4.78, 5) is 4.27. The fraction of sp³-hybridized carbons (Fsp3) is 0.316. The van der Waals surface area contributed by atoms with Crippen molar-refractivity contribution in [2.75, 3.05) is 5.32 Å². The van der Waals surface area contributed by atoms with Crippen LogP contribution in [0.2, 0.25) is 0 Å². The fourth-order valence-corrected chi connectivity index (χ4v) is 4.16. The number of halogens is 3. The molecule has 0 aliphatic heterocycles. The van der Waals surface area contributed by atoms with Crippen molar-refractivity contribution >= 4 is 23.2 Å². The first-order chi connectivity index (χ1) is 13.7. The normalized spacial score (nSPS) is 24.9. The van der Waals surface area contributed by atoms with Gasteiger partial charge in [0, 0.05) is 22.7 Å². The van der Waals surface area contributed by atoms with Crippen LogP contribution in [0.5, 0.6) is 0 Å². The number of aliphatic hydroxyl groups is 2. The van der Waals surface area contributed by atoms with Crippen molar-refractivity contribution in [2.45, 2.75) is 35.1 Å². The van der Waals surface area contributed by atoms with Gasteiger partial charge in [0.2, 0.25) is 0 Å². The minimum atomic E-state index is -4.41. The van der Waals surface area contributed by atoms with E-state index in [1.165, 1.54) is 10.6 Å². The molecule has 0 amide bonds. The zero-order valence-electron chi connectivity index (χ0n) is 15.0. The van der Waals surface area contributed by atoms with Gasteiger partial charge < -0.3 is 15.5 Å². The second-order valence-corrected chi connectivity index (χ2v) is 8.01. The third-order valence-electron chi connectivity index (χ3n) is 4.88. The number of nitrogens with one attached hydrogen (secondary N) is 1. The second-order valence-electron chi connectivity index (χ2n) is 6.90. The Morgan fingerprint density at radius 3 is 2.62 bits per heavy atom. The third kappa shape index (κ3) is 4.05. The predicted octanol–water partition coefficient (Wildman–Crippen LogP) is 3.36. The monoisotopic (exact) mass is 423 g/mol. The van der Waals surface area contributed by atoms with Crippen LogP contribution in [0.15, 0.2) is 47.5 Å². The molecule has 1 radical (unpaired) electrons. The van der Waals surface area contributed by atoms with Gasteiger partial charge in [-0.25, -0.2) is 4.98 Å². The van der Waals surface area contributed by atoms with Crippen LogP contribution in [0.3, 0.4) is 0 Å². The standard InChI is InChI=1S/C19H18F3N4O2S/c1-10-8-13(18(28)17(10)27)24-15-6-7-23-16-9-12(25-26(15)16)11-4-2-3-5-14(11)29-19(20,21)22/h2-7,9-10,13,17-18,24,27-28H,1,8H2/t10-,13-,17-,18+/m1/s1. The number of alkyl halides is 3. The van der Waals surface area contributed by atoms with Crippen molar-refractivity contribution in [3.8, 4) is 11.3 Å². The molecule has 4 atom stereocenters. The van der Waals surface area contributed by atoms with Crippen molar-refractivity contribution in [1.82, 2.24) is 14.6 Å². The number of hydrogen-bond acceptors (Lipinski definition) is 6. The Balaban J connectivity index is 1.69. The Kier molecular flexibility index (Phi) is 5.18. The van der Waals surface area contributed by atoms with Gasteiger partial charge in [0.25, 0.3) is 0 Å². The Bertz CT molecular complexity index is 1030. The van der Waals surface area contributed by atoms with Gasteiger partial charge in [-0.05, 0) is 43.2 Å². The van der Waals surface area contributed by atoms with Crippen LogP contribution in [0, 0.1) is 12.8 Å². The predicted molar refractivity (Wildman–Crippen MR) is 103 cm³/mol. The maximum absolute atomic E-state index is 12.9. The minimum absolute atomic E-state index is 0.0483. The molecule has 1 aliphatic rings. The van der Waals surface area contributed by atoms with E-state index in [-0.39, 0.29) is 22.6 Å². The Morgan fingerprint density at radius 1 is 1.17 bits per heavy atom. The number of rotatable bonds is 4. The van der Waals surface area contributed by atoms with Gasteiger partial charge in [-0.2, -0.15) is 22.8 Å². The lowest BCUT2D eigenvalue weighted by Gasteiger charge is -2.19. The first kappa shape index (κ1) is 20.0. The number of aromatic nitrogens is 3. The SMILES string of the molecule is [CH2][C@@H]1C[C@@H](Nc2ccnc3cc(-c4ccccc4SC(F)(F)F)nn23)[C@H](O)[C@@H]1O. The number of benzene rings is 1. The summed E-state index contributed by atoms with van der Waals surface area (Å²) in [6, 6.07) is 8.99. The van der Waals surface area contributed by atoms with E-state index in [2.05, 4.69) is 22.3 Å². The Hall–Kier alpha value is -2.30. The zero-order chi connectivity index (χ0) is 20.8. The number of hydrogen-bond donors (Lipinski definition) is 3. The molecule has 0 saturated heterocycles. The quantitative estimate of drug-likeness (QED) is 0.559. The maximum atomic E-state index is 12.9. The molecular formula is C19H18F3N4O2S. The highest BCUT2D eigenvalue weighted by atomic mass is 32.2. The summed E-state index contributed by atoms with van der Waals surface area (Å²) in [5.41, 5.74) is -3.28. The molecule has 1 aliphatic carbocycles. The Morgan fingerprint density at radius 2 is 1.93 bits per heavy atom. The first-order valence-electron chi connectivity index (χ1n) is 8.88. The molecule has 0 unspecified atom stereocenters. The van der Waals surface area contributed by atoms with Gasteiger partial charge in [0.05, 0.1) is 17.8 Å². The van der Waals surface area contributed by atoms with Crippen molar-refractivity contribution in [3.63, 3.8) is 0 Å². The van der Waals surface area contributed by atoms with Crippen molar-refractivity contribution in [1.29, 1.82) is 0 Å². The van der Waals surface area contributed by atoms with Gasteiger partial charge in [0.15, 0.2) is 5.65 Å². The average Bonchev–Trinajstić information content (AvgIpc) is 3.19. The molecule has 2 heterocycles. The van der Waals surface area contributed by atoms with E-state index in [1.54, 1.807) is 36.5 Å². The van der Waals surface area contributed by atoms with E-state index in [0.29, 0.717) is 29.1 Å². The lowest BCUT2D eigenvalue weighted by molar-refractivity contribution is -0.0328. The highest BCUT2D eigenvalue weighted by molar-refractivity contribution is 8.00. The van der Waals surface area contributed by atoms with Crippen LogP contribution >= 0.6 is 11.8 Å². The number of thioether (sulfide) groups is 1. The molecule has 29 heavy (non-hydrogen) atoms. The van der Waals surface area contributed by atoms with E-state index < -0.39 is 23.8 Å². The van der Waals surface area contributed by atoms with Crippen LogP contribution < -0.4 is 5.32 Å². The van der Waals surface area contributed by atoms with Gasteiger partial charge in [-0.3, -0.25) is 0 Å². The molecule has 6 nitrogen and oxygen atoms in total. The van der Waals surface area contributed by atoms with E-state index in [0.717, 1.165) is 0 Å². The molecule has 2 aromatic heterocycles. The highest BCUT2D eigenvalue weighted by Gasteiger charge is 2.39. The summed E-state index contributed by atoms with van der Waals surface area (Å²) in [5, 5.41) is 27.7. The molecule has 1 saturated carbocycles. The molecule has 153 valence electrons. The van der Waals surface area contributed by atoms with Crippen LogP contribution in [0.25, 0.3) is 16.9 Å². The topological polar surface area (TPSA) is 82.7 Å². The van der Waals surface area contributed by atoms with Gasteiger partial charge in [-0.15, -0.1) is 0 Å². The highest BCUT2D eigenvalue weighted by Crippen LogP contribution is 2.41. The summed E-state index contributed by atoms with van der Waals surface area (Å²) in [6.45, 7) is 3.83.